The van der Waals surface area contributed by atoms with Crippen LogP contribution < -0.4 is 21.1 Å². The van der Waals surface area contributed by atoms with E-state index in [2.05, 4.69) is 20.8 Å². The molecule has 0 radical (unpaired) electrons. The molecule has 5 N–H and O–H groups in total. The number of carbonyl (C=O) groups excluding carboxylic acids is 3. The molecule has 0 aliphatic rings. The number of carboxylic acids is 1. The average Bonchev–Trinajstić information content (AvgIpc) is 3.71. The van der Waals surface area contributed by atoms with Gasteiger partial charge >= 0.3 is 17.8 Å². The topological polar surface area (TPSA) is 237 Å². The van der Waals surface area contributed by atoms with Gasteiger partial charge in [-0.1, -0.05) is 0 Å². The molecule has 3 amide bonds. The lowest BCUT2D eigenvalue weighted by Crippen LogP contribution is -2.39. The number of rotatable bonds is 21. The Labute approximate surface area is 250 Å². The van der Waals surface area contributed by atoms with Gasteiger partial charge in [0, 0.05) is 12.3 Å². The molecule has 238 valence electrons. The molecule has 3 aromatic rings. The van der Waals surface area contributed by atoms with Gasteiger partial charge in [0.15, 0.2) is 5.76 Å². The summed E-state index contributed by atoms with van der Waals surface area (Å²) < 4.78 is 37.0. The third kappa shape index (κ3) is 11.4. The number of carboxylic acid groups (broad SMARTS) is 1. The fraction of sp³-hybridized carbons (Fsp3) is 0.407. The minimum atomic E-state index is -1.09. The highest BCUT2D eigenvalue weighted by Crippen LogP contribution is 2.24. The van der Waals surface area contributed by atoms with E-state index < -0.39 is 36.3 Å². The van der Waals surface area contributed by atoms with Crippen LogP contribution in [-0.2, 0) is 28.5 Å². The zero-order valence-electron chi connectivity index (χ0n) is 23.8. The SMILES string of the molecule is COc1ccc(NC(=O)c2nnc(-c3ccco3)o2)cc1C(=O)NC(CCOCCOCC(=O)O)COCCOCC(N)=O. The maximum atomic E-state index is 13.3. The normalized spacial score (nSPS) is 11.6. The summed E-state index contributed by atoms with van der Waals surface area (Å²) >= 11 is 0. The Morgan fingerprint density at radius 3 is 2.41 bits per heavy atom. The largest absolute Gasteiger partial charge is 0.496 e. The van der Waals surface area contributed by atoms with Crippen molar-refractivity contribution in [2.45, 2.75) is 12.5 Å². The summed E-state index contributed by atoms with van der Waals surface area (Å²) in [7, 11) is 1.39. The highest BCUT2D eigenvalue weighted by molar-refractivity contribution is 6.03. The van der Waals surface area contributed by atoms with Crippen molar-refractivity contribution in [3.63, 3.8) is 0 Å². The summed E-state index contributed by atoms with van der Waals surface area (Å²) in [6, 6.07) is 7.15. The van der Waals surface area contributed by atoms with E-state index in [1.807, 2.05) is 0 Å². The Morgan fingerprint density at radius 2 is 1.70 bits per heavy atom. The lowest BCUT2D eigenvalue weighted by Gasteiger charge is -2.20. The van der Waals surface area contributed by atoms with Crippen molar-refractivity contribution in [1.82, 2.24) is 15.5 Å². The van der Waals surface area contributed by atoms with Gasteiger partial charge in [-0.05, 0) is 36.8 Å². The first-order valence-electron chi connectivity index (χ1n) is 13.3. The Balaban J connectivity index is 1.61. The van der Waals surface area contributed by atoms with E-state index in [0.717, 1.165) is 0 Å². The second-order valence-electron chi connectivity index (χ2n) is 8.87. The number of primary amides is 1. The molecule has 2 heterocycles. The molecule has 3 rings (SSSR count). The minimum Gasteiger partial charge on any atom is -0.496 e. The lowest BCUT2D eigenvalue weighted by molar-refractivity contribution is -0.142. The number of ether oxygens (including phenoxy) is 5. The van der Waals surface area contributed by atoms with Crippen LogP contribution in [-0.4, -0.2) is 105 Å². The molecule has 0 aliphatic heterocycles. The van der Waals surface area contributed by atoms with Gasteiger partial charge in [0.05, 0.1) is 58.0 Å². The van der Waals surface area contributed by atoms with Crippen LogP contribution in [0.1, 0.15) is 27.5 Å². The standard InChI is InChI=1S/C27H33N5O12/c1-38-20-5-4-17(29-25(37)27-32-31-26(44-27)21-3-2-7-43-21)13-19(20)24(36)30-18(14-40-11-12-41-15-22(28)33)6-8-39-9-10-42-16-23(34)35/h2-5,7,13,18H,6,8-12,14-16H2,1H3,(H2,28,33)(H,29,37)(H,30,36)(H,34,35). The van der Waals surface area contributed by atoms with E-state index in [-0.39, 0.29) is 75.0 Å². The fourth-order valence-electron chi connectivity index (χ4n) is 3.54. The lowest BCUT2D eigenvalue weighted by atomic mass is 10.1. The average molecular weight is 620 g/mol. The number of hydrogen-bond acceptors (Lipinski definition) is 13. The van der Waals surface area contributed by atoms with Crippen LogP contribution in [0.5, 0.6) is 5.75 Å². The van der Waals surface area contributed by atoms with E-state index in [4.69, 9.17) is 43.4 Å². The van der Waals surface area contributed by atoms with Crippen LogP contribution in [0.4, 0.5) is 5.69 Å². The number of methoxy groups -OCH3 is 1. The second kappa shape index (κ2) is 18.0. The van der Waals surface area contributed by atoms with Crippen molar-refractivity contribution >= 4 is 29.4 Å². The van der Waals surface area contributed by atoms with Gasteiger partial charge in [0.1, 0.15) is 19.0 Å². The molecule has 1 atom stereocenters. The van der Waals surface area contributed by atoms with E-state index >= 15 is 0 Å². The van der Waals surface area contributed by atoms with Crippen LogP contribution in [0, 0.1) is 0 Å². The number of carbonyl (C=O) groups is 4. The van der Waals surface area contributed by atoms with Crippen molar-refractivity contribution in [3.8, 4) is 17.4 Å². The molecule has 17 heteroatoms. The summed E-state index contributed by atoms with van der Waals surface area (Å²) in [5.74, 6) is -2.68. The van der Waals surface area contributed by atoms with Gasteiger partial charge in [0.25, 0.3) is 11.8 Å². The van der Waals surface area contributed by atoms with Crippen molar-refractivity contribution in [2.24, 2.45) is 5.73 Å². The number of aliphatic carboxylic acids is 1. The maximum Gasteiger partial charge on any atom is 0.329 e. The summed E-state index contributed by atoms with van der Waals surface area (Å²) in [6.45, 7) is 0.0561. The number of nitrogens with two attached hydrogens (primary N) is 1. The zero-order valence-corrected chi connectivity index (χ0v) is 23.8. The van der Waals surface area contributed by atoms with E-state index in [0.29, 0.717) is 12.2 Å². The number of nitrogens with zero attached hydrogens (tertiary/aromatic N) is 2. The number of anilines is 1. The summed E-state index contributed by atoms with van der Waals surface area (Å²) in [4.78, 5) is 47.4. The smallest absolute Gasteiger partial charge is 0.329 e. The van der Waals surface area contributed by atoms with Gasteiger partial charge < -0.3 is 54.0 Å². The van der Waals surface area contributed by atoms with Crippen molar-refractivity contribution in [3.05, 3.63) is 48.0 Å². The predicted molar refractivity (Wildman–Crippen MR) is 149 cm³/mol. The van der Waals surface area contributed by atoms with Crippen LogP contribution >= 0.6 is 0 Å². The molecule has 17 nitrogen and oxygen atoms in total. The molecule has 0 spiro atoms. The van der Waals surface area contributed by atoms with Gasteiger partial charge in [-0.3, -0.25) is 14.4 Å². The van der Waals surface area contributed by atoms with Crippen LogP contribution in [0.3, 0.4) is 0 Å². The quantitative estimate of drug-likeness (QED) is 0.120. The summed E-state index contributed by atoms with van der Waals surface area (Å²) in [5.41, 5.74) is 5.41. The summed E-state index contributed by atoms with van der Waals surface area (Å²) in [5, 5.41) is 21.6. The molecular formula is C27H33N5O12. The summed E-state index contributed by atoms with van der Waals surface area (Å²) in [6.07, 6.45) is 1.74. The van der Waals surface area contributed by atoms with E-state index in [9.17, 15) is 19.2 Å². The Kier molecular flexibility index (Phi) is 13.7. The molecule has 0 fully saturated rings. The van der Waals surface area contributed by atoms with Crippen LogP contribution in [0.15, 0.2) is 45.4 Å². The molecule has 44 heavy (non-hydrogen) atoms. The molecule has 0 aliphatic carbocycles. The molecule has 0 bridgehead atoms. The zero-order chi connectivity index (χ0) is 31.7. The number of nitrogens with one attached hydrogen (secondary N) is 2. The van der Waals surface area contributed by atoms with Gasteiger partial charge in [-0.2, -0.15) is 0 Å². The molecule has 0 saturated heterocycles. The number of furan rings is 1. The van der Waals surface area contributed by atoms with Crippen molar-refractivity contribution in [1.29, 1.82) is 0 Å². The number of aromatic nitrogens is 2. The number of amides is 3. The van der Waals surface area contributed by atoms with E-state index in [1.165, 1.54) is 31.6 Å². The first kappa shape index (κ1) is 33.7. The second-order valence-corrected chi connectivity index (χ2v) is 8.87. The Hall–Kier alpha value is -4.84. The van der Waals surface area contributed by atoms with Gasteiger partial charge in [-0.15, -0.1) is 10.2 Å². The van der Waals surface area contributed by atoms with Gasteiger partial charge in [0.2, 0.25) is 5.91 Å². The Bertz CT molecular complexity index is 1360. The molecule has 1 aromatic carbocycles. The predicted octanol–water partition coefficient (Wildman–Crippen LogP) is 0.715. The Morgan fingerprint density at radius 1 is 0.955 bits per heavy atom. The monoisotopic (exact) mass is 619 g/mol. The van der Waals surface area contributed by atoms with Crippen molar-refractivity contribution in [2.75, 3.05) is 65.3 Å². The van der Waals surface area contributed by atoms with Crippen LogP contribution in [0.2, 0.25) is 0 Å². The first-order valence-corrected chi connectivity index (χ1v) is 13.3. The maximum absolute atomic E-state index is 13.3. The molecule has 0 saturated carbocycles. The molecular weight excluding hydrogens is 586 g/mol. The van der Waals surface area contributed by atoms with Gasteiger partial charge in [-0.25, -0.2) is 4.79 Å². The highest BCUT2D eigenvalue weighted by Gasteiger charge is 2.21. The van der Waals surface area contributed by atoms with E-state index in [1.54, 1.807) is 12.1 Å². The minimum absolute atomic E-state index is 0.0272. The highest BCUT2D eigenvalue weighted by atomic mass is 16.5. The third-order valence-electron chi connectivity index (χ3n) is 5.53. The van der Waals surface area contributed by atoms with Crippen molar-refractivity contribution < 1.29 is 56.8 Å². The molecule has 2 aromatic heterocycles. The first-order chi connectivity index (χ1) is 21.3. The van der Waals surface area contributed by atoms with Crippen LogP contribution in [0.25, 0.3) is 11.7 Å². The molecule has 1 unspecified atom stereocenters. The third-order valence-corrected chi connectivity index (χ3v) is 5.53. The fourth-order valence-corrected chi connectivity index (χ4v) is 3.54. The number of hydrogen-bond donors (Lipinski definition) is 4. The number of benzene rings is 1.